The molecule has 5 nitrogen and oxygen atoms in total. The Morgan fingerprint density at radius 2 is 2.14 bits per heavy atom. The van der Waals surface area contributed by atoms with Crippen LogP contribution in [0.4, 0.5) is 5.69 Å². The van der Waals surface area contributed by atoms with Crippen LogP contribution in [0.2, 0.25) is 5.02 Å². The molecule has 0 saturated carbocycles. The molecular formula is C15H22ClN3O2. The summed E-state index contributed by atoms with van der Waals surface area (Å²) in [7, 11) is 0. The lowest BCUT2D eigenvalue weighted by Gasteiger charge is -2.32. The fourth-order valence-corrected chi connectivity index (χ4v) is 3.05. The van der Waals surface area contributed by atoms with E-state index in [2.05, 4.69) is 17.1 Å². The number of nitro groups is 1. The molecule has 1 aromatic carbocycles. The molecule has 0 atom stereocenters. The molecule has 1 N–H and O–H groups in total. The highest BCUT2D eigenvalue weighted by molar-refractivity contribution is 6.31. The molecule has 0 bridgehead atoms. The predicted octanol–water partition coefficient (Wildman–Crippen LogP) is 3.21. The van der Waals surface area contributed by atoms with E-state index in [0.717, 1.165) is 32.5 Å². The maximum atomic E-state index is 11.1. The maximum Gasteiger partial charge on any atom is 0.275 e. The molecule has 1 fully saturated rings. The van der Waals surface area contributed by atoms with Gasteiger partial charge in [0.05, 0.1) is 15.5 Å². The lowest BCUT2D eigenvalue weighted by Crippen LogP contribution is -2.42. The summed E-state index contributed by atoms with van der Waals surface area (Å²) in [6.45, 7) is 5.99. The fourth-order valence-electron chi connectivity index (χ4n) is 2.82. The molecule has 116 valence electrons. The molecule has 1 aromatic rings. The second kappa shape index (κ2) is 7.73. The number of likely N-dealkylation sites (tertiary alicyclic amines) is 1. The Morgan fingerprint density at radius 3 is 2.76 bits per heavy atom. The number of halogens is 1. The van der Waals surface area contributed by atoms with E-state index in [1.807, 2.05) is 0 Å². The quantitative estimate of drug-likeness (QED) is 0.647. The molecule has 1 saturated heterocycles. The highest BCUT2D eigenvalue weighted by atomic mass is 35.5. The van der Waals surface area contributed by atoms with Crippen molar-refractivity contribution in [3.05, 3.63) is 38.9 Å². The summed E-state index contributed by atoms with van der Waals surface area (Å²) in [5.41, 5.74) is 0.679. The molecule has 0 amide bonds. The number of nitro benzene ring substituents is 1. The van der Waals surface area contributed by atoms with Crippen LogP contribution in [0.15, 0.2) is 18.2 Å². The molecule has 0 radical (unpaired) electrons. The molecular weight excluding hydrogens is 290 g/mol. The van der Waals surface area contributed by atoms with E-state index in [4.69, 9.17) is 11.6 Å². The Bertz CT molecular complexity index is 488. The summed E-state index contributed by atoms with van der Waals surface area (Å²) in [5.74, 6) is 0. The van der Waals surface area contributed by atoms with Crippen molar-refractivity contribution < 1.29 is 4.92 Å². The maximum absolute atomic E-state index is 11.1. The van der Waals surface area contributed by atoms with Gasteiger partial charge < -0.3 is 10.2 Å². The van der Waals surface area contributed by atoms with Crippen molar-refractivity contribution in [3.63, 3.8) is 0 Å². The number of benzene rings is 1. The van der Waals surface area contributed by atoms with Crippen molar-refractivity contribution in [1.29, 1.82) is 0 Å². The molecule has 21 heavy (non-hydrogen) atoms. The number of piperidine rings is 1. The van der Waals surface area contributed by atoms with Gasteiger partial charge in [-0.25, -0.2) is 0 Å². The highest BCUT2D eigenvalue weighted by Gasteiger charge is 2.21. The Kier molecular flexibility index (Phi) is 5.96. The molecule has 2 rings (SSSR count). The Labute approximate surface area is 130 Å². The number of hydrogen-bond acceptors (Lipinski definition) is 4. The predicted molar refractivity (Wildman–Crippen MR) is 84.7 cm³/mol. The van der Waals surface area contributed by atoms with Gasteiger partial charge in [-0.2, -0.15) is 0 Å². The van der Waals surface area contributed by atoms with Crippen LogP contribution in [-0.2, 0) is 6.54 Å². The highest BCUT2D eigenvalue weighted by Crippen LogP contribution is 2.26. The van der Waals surface area contributed by atoms with Gasteiger partial charge in [0.2, 0.25) is 0 Å². The van der Waals surface area contributed by atoms with Crippen LogP contribution in [-0.4, -0.2) is 35.5 Å². The second-order valence-electron chi connectivity index (χ2n) is 5.49. The molecule has 0 unspecified atom stereocenters. The first-order valence-corrected chi connectivity index (χ1v) is 7.87. The minimum absolute atomic E-state index is 0.0958. The summed E-state index contributed by atoms with van der Waals surface area (Å²) in [5, 5.41) is 14.9. The zero-order valence-electron chi connectivity index (χ0n) is 12.3. The first-order valence-electron chi connectivity index (χ1n) is 7.49. The van der Waals surface area contributed by atoms with Gasteiger partial charge >= 0.3 is 0 Å². The van der Waals surface area contributed by atoms with Crippen LogP contribution in [0.25, 0.3) is 0 Å². The Balaban J connectivity index is 1.91. The van der Waals surface area contributed by atoms with Crippen LogP contribution in [0, 0.1) is 10.1 Å². The fraction of sp³-hybridized carbons (Fsp3) is 0.600. The third kappa shape index (κ3) is 4.40. The minimum atomic E-state index is -0.368. The summed E-state index contributed by atoms with van der Waals surface area (Å²) >= 11 is 6.10. The minimum Gasteiger partial charge on any atom is -0.310 e. The van der Waals surface area contributed by atoms with Crippen molar-refractivity contribution in [2.24, 2.45) is 0 Å². The molecule has 0 spiro atoms. The average Bonchev–Trinajstić information content (AvgIpc) is 2.47. The van der Waals surface area contributed by atoms with Gasteiger partial charge in [-0.05, 0) is 45.0 Å². The van der Waals surface area contributed by atoms with Gasteiger partial charge in [0.15, 0.2) is 0 Å². The largest absolute Gasteiger partial charge is 0.310 e. The SMILES string of the molecule is CCCN1CCC(NCc2c(Cl)cccc2[N+](=O)[O-])CC1. The average molecular weight is 312 g/mol. The molecule has 1 aliphatic rings. The summed E-state index contributed by atoms with van der Waals surface area (Å²) in [6, 6.07) is 5.24. The summed E-state index contributed by atoms with van der Waals surface area (Å²) in [4.78, 5) is 13.2. The third-order valence-electron chi connectivity index (χ3n) is 3.99. The first kappa shape index (κ1) is 16.2. The second-order valence-corrected chi connectivity index (χ2v) is 5.90. The van der Waals surface area contributed by atoms with Gasteiger partial charge in [0.1, 0.15) is 0 Å². The van der Waals surface area contributed by atoms with Crippen molar-refractivity contribution >= 4 is 17.3 Å². The molecule has 6 heteroatoms. The lowest BCUT2D eigenvalue weighted by atomic mass is 10.0. The van der Waals surface area contributed by atoms with Crippen molar-refractivity contribution in [1.82, 2.24) is 10.2 Å². The van der Waals surface area contributed by atoms with E-state index in [-0.39, 0.29) is 10.6 Å². The summed E-state index contributed by atoms with van der Waals surface area (Å²) < 4.78 is 0. The van der Waals surface area contributed by atoms with Crippen LogP contribution < -0.4 is 5.32 Å². The normalized spacial score (nSPS) is 17.0. The monoisotopic (exact) mass is 311 g/mol. The Morgan fingerprint density at radius 1 is 1.43 bits per heavy atom. The smallest absolute Gasteiger partial charge is 0.275 e. The summed E-state index contributed by atoms with van der Waals surface area (Å²) in [6.07, 6.45) is 3.35. The number of rotatable bonds is 6. The zero-order valence-corrected chi connectivity index (χ0v) is 13.1. The van der Waals surface area contributed by atoms with Crippen LogP contribution in [0.5, 0.6) is 0 Å². The van der Waals surface area contributed by atoms with Crippen LogP contribution in [0.1, 0.15) is 31.7 Å². The topological polar surface area (TPSA) is 58.4 Å². The number of hydrogen-bond donors (Lipinski definition) is 1. The van der Waals surface area contributed by atoms with E-state index < -0.39 is 0 Å². The third-order valence-corrected chi connectivity index (χ3v) is 4.34. The van der Waals surface area contributed by atoms with E-state index >= 15 is 0 Å². The van der Waals surface area contributed by atoms with E-state index in [0.29, 0.717) is 23.2 Å². The van der Waals surface area contributed by atoms with Gasteiger partial charge in [-0.15, -0.1) is 0 Å². The van der Waals surface area contributed by atoms with Gasteiger partial charge in [0.25, 0.3) is 5.69 Å². The standard InChI is InChI=1S/C15H22ClN3O2/c1-2-8-18-9-6-12(7-10-18)17-11-13-14(16)4-3-5-15(13)19(20)21/h3-5,12,17H,2,6-11H2,1H3. The lowest BCUT2D eigenvalue weighted by molar-refractivity contribution is -0.385. The van der Waals surface area contributed by atoms with Gasteiger partial charge in [-0.3, -0.25) is 10.1 Å². The molecule has 0 aliphatic carbocycles. The first-order chi connectivity index (χ1) is 10.1. The van der Waals surface area contributed by atoms with Crippen molar-refractivity contribution in [2.45, 2.75) is 38.8 Å². The molecule has 1 aliphatic heterocycles. The van der Waals surface area contributed by atoms with Gasteiger partial charge in [-0.1, -0.05) is 24.6 Å². The van der Waals surface area contributed by atoms with Crippen molar-refractivity contribution in [2.75, 3.05) is 19.6 Å². The zero-order chi connectivity index (χ0) is 15.2. The van der Waals surface area contributed by atoms with Crippen LogP contribution in [0.3, 0.4) is 0 Å². The number of nitrogens with zero attached hydrogens (tertiary/aromatic N) is 2. The van der Waals surface area contributed by atoms with E-state index in [9.17, 15) is 10.1 Å². The van der Waals surface area contributed by atoms with Gasteiger partial charge in [0, 0.05) is 18.7 Å². The molecule has 1 heterocycles. The van der Waals surface area contributed by atoms with Crippen LogP contribution >= 0.6 is 11.6 Å². The van der Waals surface area contributed by atoms with E-state index in [1.54, 1.807) is 12.1 Å². The number of nitrogens with one attached hydrogen (secondary N) is 1. The Hall–Kier alpha value is -1.17. The van der Waals surface area contributed by atoms with E-state index in [1.165, 1.54) is 12.5 Å². The molecule has 0 aromatic heterocycles. The van der Waals surface area contributed by atoms with Crippen molar-refractivity contribution in [3.8, 4) is 0 Å².